The van der Waals surface area contributed by atoms with Crippen LogP contribution in [0.25, 0.3) is 0 Å². The monoisotopic (exact) mass is 188 g/mol. The number of benzene rings is 1. The molecule has 1 atom stereocenters. The van der Waals surface area contributed by atoms with Crippen molar-refractivity contribution in [3.8, 4) is 0 Å². The minimum Gasteiger partial charge on any atom is -0.357 e. The summed E-state index contributed by atoms with van der Waals surface area (Å²) in [7, 11) is 0. The van der Waals surface area contributed by atoms with Crippen LogP contribution in [-0.2, 0) is 10.3 Å². The van der Waals surface area contributed by atoms with Crippen molar-refractivity contribution in [3.63, 3.8) is 0 Å². The Kier molecular flexibility index (Phi) is 1.58. The number of epoxide rings is 1. The number of hydrogen-bond acceptors (Lipinski definition) is 1. The van der Waals surface area contributed by atoms with E-state index in [1.165, 1.54) is 24.8 Å². The van der Waals surface area contributed by atoms with E-state index in [-0.39, 0.29) is 11.2 Å². The predicted octanol–water partition coefficient (Wildman–Crippen LogP) is 3.24. The third-order valence-electron chi connectivity index (χ3n) is 3.96. The number of ether oxygens (including phenoxy) is 1. The summed E-state index contributed by atoms with van der Waals surface area (Å²) in [5.41, 5.74) is 1.69. The first kappa shape index (κ1) is 8.49. The molecule has 0 radical (unpaired) electrons. The van der Waals surface area contributed by atoms with Gasteiger partial charge in [0, 0.05) is 0 Å². The third-order valence-corrected chi connectivity index (χ3v) is 3.96. The molecule has 0 bridgehead atoms. The van der Waals surface area contributed by atoms with Gasteiger partial charge in [0.1, 0.15) is 11.2 Å². The summed E-state index contributed by atoms with van der Waals surface area (Å²) in [4.78, 5) is 0. The lowest BCUT2D eigenvalue weighted by molar-refractivity contribution is 0.193. The van der Waals surface area contributed by atoms with Crippen LogP contribution in [0.5, 0.6) is 0 Å². The lowest BCUT2D eigenvalue weighted by atomic mass is 9.72. The van der Waals surface area contributed by atoms with Gasteiger partial charge in [-0.05, 0) is 31.2 Å². The van der Waals surface area contributed by atoms with Gasteiger partial charge in [0.05, 0.1) is 0 Å². The van der Waals surface area contributed by atoms with Gasteiger partial charge in [0.25, 0.3) is 0 Å². The Morgan fingerprint density at radius 3 is 2.36 bits per heavy atom. The molecule has 1 aliphatic heterocycles. The molecule has 1 nitrogen and oxygen atoms in total. The van der Waals surface area contributed by atoms with Crippen molar-refractivity contribution < 1.29 is 4.74 Å². The minimum absolute atomic E-state index is 0.0759. The van der Waals surface area contributed by atoms with Crippen LogP contribution < -0.4 is 0 Å². The molecule has 2 fully saturated rings. The normalized spacial score (nSPS) is 32.6. The maximum Gasteiger partial charge on any atom is 0.123 e. The number of hydrogen-bond donors (Lipinski definition) is 0. The Morgan fingerprint density at radius 1 is 1.21 bits per heavy atom. The second-order valence-electron chi connectivity index (χ2n) is 4.50. The molecule has 74 valence electrons. The first-order valence-corrected chi connectivity index (χ1v) is 5.59. The van der Waals surface area contributed by atoms with Crippen molar-refractivity contribution in [2.24, 2.45) is 0 Å². The summed E-state index contributed by atoms with van der Waals surface area (Å²) < 4.78 is 6.06. The van der Waals surface area contributed by atoms with Crippen LogP contribution in [0.4, 0.5) is 0 Å². The van der Waals surface area contributed by atoms with Crippen molar-refractivity contribution in [3.05, 3.63) is 35.9 Å². The molecule has 1 aliphatic carbocycles. The molecule has 1 heterocycles. The number of rotatable bonds is 2. The van der Waals surface area contributed by atoms with Gasteiger partial charge in [0.2, 0.25) is 0 Å². The molecule has 0 unspecified atom stereocenters. The summed E-state index contributed by atoms with van der Waals surface area (Å²) in [5.74, 6) is 0. The van der Waals surface area contributed by atoms with E-state index < -0.39 is 0 Å². The van der Waals surface area contributed by atoms with E-state index in [4.69, 9.17) is 4.74 Å². The summed E-state index contributed by atoms with van der Waals surface area (Å²) in [6, 6.07) is 10.7. The first-order valence-electron chi connectivity index (χ1n) is 5.59. The molecule has 3 rings (SSSR count). The maximum atomic E-state index is 6.06. The Bertz CT molecular complexity index is 340. The molecule has 0 aromatic heterocycles. The SMILES string of the molecule is CC[C@]1(c2ccccc2)OC12CCC2. The molecule has 1 saturated carbocycles. The third kappa shape index (κ3) is 0.838. The Morgan fingerprint density at radius 2 is 1.93 bits per heavy atom. The molecule has 0 N–H and O–H groups in total. The van der Waals surface area contributed by atoms with E-state index in [1.807, 2.05) is 0 Å². The molecular formula is C13H16O. The minimum atomic E-state index is 0.0759. The van der Waals surface area contributed by atoms with Gasteiger partial charge in [-0.15, -0.1) is 0 Å². The van der Waals surface area contributed by atoms with Gasteiger partial charge in [-0.3, -0.25) is 0 Å². The lowest BCUT2D eigenvalue weighted by Gasteiger charge is -2.26. The highest BCUT2D eigenvalue weighted by molar-refractivity contribution is 5.35. The van der Waals surface area contributed by atoms with Crippen LogP contribution in [0.1, 0.15) is 38.2 Å². The molecule has 14 heavy (non-hydrogen) atoms. The zero-order chi connectivity index (χ0) is 9.65. The van der Waals surface area contributed by atoms with Crippen molar-refractivity contribution >= 4 is 0 Å². The van der Waals surface area contributed by atoms with Gasteiger partial charge in [-0.2, -0.15) is 0 Å². The highest BCUT2D eigenvalue weighted by atomic mass is 16.6. The summed E-state index contributed by atoms with van der Waals surface area (Å²) in [6.07, 6.45) is 4.97. The summed E-state index contributed by atoms with van der Waals surface area (Å²) in [5, 5.41) is 0. The zero-order valence-electron chi connectivity index (χ0n) is 8.62. The molecule has 1 heteroatoms. The maximum absolute atomic E-state index is 6.06. The highest BCUT2D eigenvalue weighted by Crippen LogP contribution is 2.67. The summed E-state index contributed by atoms with van der Waals surface area (Å²) >= 11 is 0. The Balaban J connectivity index is 1.97. The van der Waals surface area contributed by atoms with Crippen molar-refractivity contribution in [1.29, 1.82) is 0 Å². The van der Waals surface area contributed by atoms with E-state index in [1.54, 1.807) is 0 Å². The highest BCUT2D eigenvalue weighted by Gasteiger charge is 2.71. The standard InChI is InChI=1S/C13H16O/c1-2-13(11-7-4-3-5-8-11)12(14-13)9-6-10-12/h3-5,7-8H,2,6,9-10H2,1H3/t13-/m1/s1. The van der Waals surface area contributed by atoms with E-state index in [0.29, 0.717) is 0 Å². The largest absolute Gasteiger partial charge is 0.357 e. The van der Waals surface area contributed by atoms with Crippen molar-refractivity contribution in [1.82, 2.24) is 0 Å². The van der Waals surface area contributed by atoms with Gasteiger partial charge >= 0.3 is 0 Å². The van der Waals surface area contributed by atoms with Crippen LogP contribution >= 0.6 is 0 Å². The Hall–Kier alpha value is -0.820. The van der Waals surface area contributed by atoms with Gasteiger partial charge in [-0.1, -0.05) is 37.3 Å². The molecule has 1 spiro atoms. The average molecular weight is 188 g/mol. The van der Waals surface area contributed by atoms with E-state index in [9.17, 15) is 0 Å². The van der Waals surface area contributed by atoms with Crippen molar-refractivity contribution in [2.75, 3.05) is 0 Å². The Labute approximate surface area is 85.1 Å². The van der Waals surface area contributed by atoms with Gasteiger partial charge in [-0.25, -0.2) is 0 Å². The average Bonchev–Trinajstić information content (AvgIpc) is 2.90. The zero-order valence-corrected chi connectivity index (χ0v) is 8.62. The fraction of sp³-hybridized carbons (Fsp3) is 0.538. The predicted molar refractivity (Wildman–Crippen MR) is 56.1 cm³/mol. The van der Waals surface area contributed by atoms with Crippen LogP contribution in [-0.4, -0.2) is 5.60 Å². The van der Waals surface area contributed by atoms with Crippen LogP contribution in [0.2, 0.25) is 0 Å². The molecule has 0 amide bonds. The molecule has 2 aliphatic rings. The van der Waals surface area contributed by atoms with Crippen LogP contribution in [0, 0.1) is 0 Å². The molecule has 1 aromatic rings. The fourth-order valence-corrected chi connectivity index (χ4v) is 2.94. The van der Waals surface area contributed by atoms with Gasteiger partial charge in [0.15, 0.2) is 0 Å². The second-order valence-corrected chi connectivity index (χ2v) is 4.50. The molecule has 1 aromatic carbocycles. The van der Waals surface area contributed by atoms with Crippen LogP contribution in [0.15, 0.2) is 30.3 Å². The van der Waals surface area contributed by atoms with E-state index >= 15 is 0 Å². The lowest BCUT2D eigenvalue weighted by Crippen LogP contribution is -2.30. The fourth-order valence-electron chi connectivity index (χ4n) is 2.94. The smallest absolute Gasteiger partial charge is 0.123 e. The molecule has 1 saturated heterocycles. The van der Waals surface area contributed by atoms with Crippen LogP contribution in [0.3, 0.4) is 0 Å². The topological polar surface area (TPSA) is 12.5 Å². The quantitative estimate of drug-likeness (QED) is 0.649. The second kappa shape index (κ2) is 2.60. The summed E-state index contributed by atoms with van der Waals surface area (Å²) in [6.45, 7) is 2.24. The van der Waals surface area contributed by atoms with E-state index in [2.05, 4.69) is 37.3 Å². The van der Waals surface area contributed by atoms with Crippen molar-refractivity contribution in [2.45, 2.75) is 43.8 Å². The first-order chi connectivity index (χ1) is 6.83. The van der Waals surface area contributed by atoms with Gasteiger partial charge < -0.3 is 4.74 Å². The molecular weight excluding hydrogens is 172 g/mol. The van der Waals surface area contributed by atoms with E-state index in [0.717, 1.165) is 6.42 Å².